The molecule has 1 amide bonds. The van der Waals surface area contributed by atoms with Crippen molar-refractivity contribution in [2.24, 2.45) is 17.8 Å². The SMILES string of the molecule is COc1ccc(-c2sc(NC(=O)C3CCC(C(C)C)CC3)nc2C)cc1S(=O)(=O)Nc1ccc(O)cc1. The fraction of sp³-hybridized carbons (Fsp3) is 0.407. The molecule has 0 radical (unpaired) electrons. The van der Waals surface area contributed by atoms with Gasteiger partial charge in [0, 0.05) is 11.6 Å². The minimum Gasteiger partial charge on any atom is -0.508 e. The number of sulfonamides is 1. The smallest absolute Gasteiger partial charge is 0.265 e. The number of phenolic OH excluding ortho intramolecular Hbond substituents is 1. The Morgan fingerprint density at radius 3 is 2.41 bits per heavy atom. The number of aromatic hydroxyl groups is 1. The number of hydrogen-bond donors (Lipinski definition) is 3. The zero-order valence-corrected chi connectivity index (χ0v) is 23.1. The van der Waals surface area contributed by atoms with Crippen LogP contribution in [0.3, 0.4) is 0 Å². The molecule has 4 rings (SSSR count). The van der Waals surface area contributed by atoms with Gasteiger partial charge < -0.3 is 15.2 Å². The average Bonchev–Trinajstić information content (AvgIpc) is 3.24. The number of nitrogens with zero attached hydrogens (tertiary/aromatic N) is 1. The molecule has 37 heavy (non-hydrogen) atoms. The molecule has 1 heterocycles. The molecule has 0 atom stereocenters. The Morgan fingerprint density at radius 2 is 1.78 bits per heavy atom. The van der Waals surface area contributed by atoms with Crippen LogP contribution in [0.2, 0.25) is 0 Å². The third-order valence-corrected chi connectivity index (χ3v) is 9.47. The van der Waals surface area contributed by atoms with Crippen LogP contribution in [0.4, 0.5) is 10.8 Å². The van der Waals surface area contributed by atoms with Crippen molar-refractivity contribution in [1.29, 1.82) is 0 Å². The summed E-state index contributed by atoms with van der Waals surface area (Å²) in [5.74, 6) is 1.55. The Hall–Kier alpha value is -3.11. The number of thiazole rings is 1. The van der Waals surface area contributed by atoms with E-state index in [1.807, 2.05) is 6.92 Å². The van der Waals surface area contributed by atoms with Gasteiger partial charge in [0.05, 0.1) is 17.7 Å². The predicted octanol–water partition coefficient (Wildman–Crippen LogP) is 6.03. The van der Waals surface area contributed by atoms with Crippen LogP contribution in [0, 0.1) is 24.7 Å². The van der Waals surface area contributed by atoms with E-state index in [0.29, 0.717) is 33.9 Å². The first-order chi connectivity index (χ1) is 17.6. The lowest BCUT2D eigenvalue weighted by Gasteiger charge is -2.29. The molecule has 198 valence electrons. The van der Waals surface area contributed by atoms with Gasteiger partial charge in [-0.3, -0.25) is 9.52 Å². The topological polar surface area (TPSA) is 118 Å². The van der Waals surface area contributed by atoms with Crippen molar-refractivity contribution in [2.75, 3.05) is 17.1 Å². The number of amides is 1. The summed E-state index contributed by atoms with van der Waals surface area (Å²) in [5, 5.41) is 13.0. The van der Waals surface area contributed by atoms with Crippen LogP contribution in [0.1, 0.15) is 45.2 Å². The van der Waals surface area contributed by atoms with E-state index in [2.05, 4.69) is 28.9 Å². The van der Waals surface area contributed by atoms with Crippen molar-refractivity contribution in [3.63, 3.8) is 0 Å². The maximum absolute atomic E-state index is 13.2. The Bertz CT molecular complexity index is 1360. The highest BCUT2D eigenvalue weighted by molar-refractivity contribution is 7.92. The summed E-state index contributed by atoms with van der Waals surface area (Å²) in [6, 6.07) is 10.7. The number of hydrogen-bond acceptors (Lipinski definition) is 7. The highest BCUT2D eigenvalue weighted by atomic mass is 32.2. The highest BCUT2D eigenvalue weighted by Crippen LogP contribution is 2.38. The summed E-state index contributed by atoms with van der Waals surface area (Å²) < 4.78 is 34.3. The molecule has 1 aliphatic carbocycles. The number of aryl methyl sites for hydroxylation is 1. The Morgan fingerprint density at radius 1 is 1.11 bits per heavy atom. The molecule has 3 aromatic rings. The minimum absolute atomic E-state index is 0.00129. The van der Waals surface area contributed by atoms with E-state index in [1.54, 1.807) is 18.2 Å². The zero-order chi connectivity index (χ0) is 26.7. The Balaban J connectivity index is 1.54. The third-order valence-electron chi connectivity index (χ3n) is 6.95. The summed E-state index contributed by atoms with van der Waals surface area (Å²) in [5.41, 5.74) is 1.66. The van der Waals surface area contributed by atoms with Gasteiger partial charge in [-0.15, -0.1) is 0 Å². The minimum atomic E-state index is -3.99. The second-order valence-electron chi connectivity index (χ2n) is 9.80. The molecule has 8 nitrogen and oxygen atoms in total. The second-order valence-corrected chi connectivity index (χ2v) is 12.4. The van der Waals surface area contributed by atoms with E-state index in [0.717, 1.165) is 30.6 Å². The first-order valence-electron chi connectivity index (χ1n) is 12.4. The van der Waals surface area contributed by atoms with E-state index in [4.69, 9.17) is 4.74 Å². The van der Waals surface area contributed by atoms with E-state index >= 15 is 0 Å². The van der Waals surface area contributed by atoms with E-state index in [-0.39, 0.29) is 28.2 Å². The third kappa shape index (κ3) is 6.24. The van der Waals surface area contributed by atoms with E-state index in [9.17, 15) is 18.3 Å². The van der Waals surface area contributed by atoms with Gasteiger partial charge >= 0.3 is 0 Å². The van der Waals surface area contributed by atoms with Crippen molar-refractivity contribution in [2.45, 2.75) is 51.3 Å². The Labute approximate surface area is 222 Å². The molecule has 0 spiro atoms. The molecule has 0 unspecified atom stereocenters. The fourth-order valence-corrected chi connectivity index (χ4v) is 6.96. The van der Waals surface area contributed by atoms with Gasteiger partial charge in [-0.25, -0.2) is 13.4 Å². The van der Waals surface area contributed by atoms with Crippen molar-refractivity contribution >= 4 is 38.1 Å². The predicted molar refractivity (Wildman–Crippen MR) is 147 cm³/mol. The molecule has 0 aliphatic heterocycles. The number of benzene rings is 2. The van der Waals surface area contributed by atoms with Gasteiger partial charge in [-0.1, -0.05) is 25.2 Å². The molecule has 2 aromatic carbocycles. The molecule has 10 heteroatoms. The number of carbonyl (C=O) groups is 1. The van der Waals surface area contributed by atoms with Crippen molar-refractivity contribution in [3.8, 4) is 21.9 Å². The van der Waals surface area contributed by atoms with E-state index < -0.39 is 10.0 Å². The lowest BCUT2D eigenvalue weighted by atomic mass is 9.77. The molecule has 1 aromatic heterocycles. The molecular weight excluding hydrogens is 510 g/mol. The van der Waals surface area contributed by atoms with E-state index in [1.165, 1.54) is 42.7 Å². The van der Waals surface area contributed by atoms with Crippen LogP contribution in [0.5, 0.6) is 11.5 Å². The number of anilines is 2. The van der Waals surface area contributed by atoms with Gasteiger partial charge in [-0.2, -0.15) is 0 Å². The standard InChI is InChI=1S/C27H33N3O5S2/c1-16(2)18-5-7-19(8-6-18)26(32)29-27-28-17(3)25(36-27)20-9-14-23(35-4)24(15-20)37(33,34)30-21-10-12-22(31)13-11-21/h9-16,18-19,30-31H,5-8H2,1-4H3,(H,28,29,32). The molecular formula is C27H33N3O5S2. The zero-order valence-electron chi connectivity index (χ0n) is 21.4. The highest BCUT2D eigenvalue weighted by Gasteiger charge is 2.28. The maximum Gasteiger partial charge on any atom is 0.265 e. The van der Waals surface area contributed by atoms with Gasteiger partial charge in [0.2, 0.25) is 5.91 Å². The number of phenols is 1. The molecule has 0 saturated heterocycles. The number of aromatic nitrogens is 1. The molecule has 1 fully saturated rings. The van der Waals surface area contributed by atoms with Crippen LogP contribution in [-0.4, -0.2) is 31.5 Å². The van der Waals surface area contributed by atoms with Crippen LogP contribution in [0.25, 0.3) is 10.4 Å². The largest absolute Gasteiger partial charge is 0.508 e. The first kappa shape index (κ1) is 26.9. The fourth-order valence-electron chi connectivity index (χ4n) is 4.74. The lowest BCUT2D eigenvalue weighted by molar-refractivity contribution is -0.121. The second kappa shape index (κ2) is 11.1. The van der Waals surface area contributed by atoms with Crippen LogP contribution in [0.15, 0.2) is 47.4 Å². The van der Waals surface area contributed by atoms with Gasteiger partial charge in [0.15, 0.2) is 5.13 Å². The molecule has 0 bridgehead atoms. The summed E-state index contributed by atoms with van der Waals surface area (Å²) >= 11 is 1.32. The summed E-state index contributed by atoms with van der Waals surface area (Å²) in [4.78, 5) is 18.2. The quantitative estimate of drug-likeness (QED) is 0.299. The Kier molecular flexibility index (Phi) is 8.08. The van der Waals surface area contributed by atoms with Crippen LogP contribution in [-0.2, 0) is 14.8 Å². The maximum atomic E-state index is 13.2. The number of methoxy groups -OCH3 is 1. The van der Waals surface area contributed by atoms with Crippen molar-refractivity contribution in [3.05, 3.63) is 48.2 Å². The molecule has 3 N–H and O–H groups in total. The molecule has 1 aliphatic rings. The summed E-state index contributed by atoms with van der Waals surface area (Å²) in [6.07, 6.45) is 3.91. The van der Waals surface area contributed by atoms with Gasteiger partial charge in [0.25, 0.3) is 10.0 Å². The van der Waals surface area contributed by atoms with Crippen molar-refractivity contribution < 1.29 is 23.1 Å². The molecule has 1 saturated carbocycles. The summed E-state index contributed by atoms with van der Waals surface area (Å²) in [6.45, 7) is 6.32. The number of nitrogens with one attached hydrogen (secondary N) is 2. The number of ether oxygens (including phenoxy) is 1. The normalized spacial score (nSPS) is 18.0. The lowest BCUT2D eigenvalue weighted by Crippen LogP contribution is -2.28. The monoisotopic (exact) mass is 543 g/mol. The van der Waals surface area contributed by atoms with Gasteiger partial charge in [-0.05, 0) is 92.5 Å². The number of rotatable bonds is 8. The van der Waals surface area contributed by atoms with Crippen LogP contribution < -0.4 is 14.8 Å². The van der Waals surface area contributed by atoms with Crippen LogP contribution >= 0.6 is 11.3 Å². The average molecular weight is 544 g/mol. The first-order valence-corrected chi connectivity index (χ1v) is 14.7. The van der Waals surface area contributed by atoms with Gasteiger partial charge in [0.1, 0.15) is 16.4 Å². The number of carbonyl (C=O) groups excluding carboxylic acids is 1. The van der Waals surface area contributed by atoms with Crippen molar-refractivity contribution in [1.82, 2.24) is 4.98 Å². The summed E-state index contributed by atoms with van der Waals surface area (Å²) in [7, 11) is -2.58.